The molecule has 1 amide bonds. The van der Waals surface area contributed by atoms with E-state index in [0.29, 0.717) is 12.4 Å². The van der Waals surface area contributed by atoms with Gasteiger partial charge in [-0.15, -0.1) is 0 Å². The molecule has 5 nitrogen and oxygen atoms in total. The molecule has 0 aromatic heterocycles. The number of carbonyl (C=O) groups is 1. The number of amides is 1. The van der Waals surface area contributed by atoms with Gasteiger partial charge in [0.15, 0.2) is 6.61 Å². The van der Waals surface area contributed by atoms with Crippen molar-refractivity contribution >= 4 is 5.91 Å². The first-order valence-corrected chi connectivity index (χ1v) is 5.97. The van der Waals surface area contributed by atoms with Crippen LogP contribution in [0.25, 0.3) is 0 Å². The minimum absolute atomic E-state index is 0.0407. The van der Waals surface area contributed by atoms with Crippen LogP contribution in [0.1, 0.15) is 12.5 Å². The summed E-state index contributed by atoms with van der Waals surface area (Å²) in [4.78, 5) is 14.9. The number of rotatable bonds is 4. The molecule has 2 rings (SSSR count). The molecule has 1 aliphatic rings. The van der Waals surface area contributed by atoms with Gasteiger partial charge in [0.25, 0.3) is 0 Å². The summed E-state index contributed by atoms with van der Waals surface area (Å²) >= 11 is 0. The average molecular weight is 257 g/mol. The van der Waals surface area contributed by atoms with Crippen LogP contribution in [0.5, 0.6) is 5.75 Å². The maximum absolute atomic E-state index is 11.2. The van der Waals surface area contributed by atoms with Crippen LogP contribution >= 0.6 is 0 Å². The Morgan fingerprint density at radius 2 is 2.11 bits per heavy atom. The van der Waals surface area contributed by atoms with Crippen LogP contribution in [0, 0.1) is 11.3 Å². The molecule has 0 saturated carbocycles. The lowest BCUT2D eigenvalue weighted by Gasteiger charge is -2.19. The second-order valence-corrected chi connectivity index (χ2v) is 4.27. The van der Waals surface area contributed by atoms with E-state index in [1.165, 1.54) is 0 Å². The van der Waals surface area contributed by atoms with Gasteiger partial charge < -0.3 is 9.64 Å². The molecule has 98 valence electrons. The van der Waals surface area contributed by atoms with Gasteiger partial charge in [-0.25, -0.2) is 0 Å². The summed E-state index contributed by atoms with van der Waals surface area (Å²) in [7, 11) is 0. The number of nitrogens with zero attached hydrogens (tertiary/aromatic N) is 3. The Hall–Kier alpha value is -2.48. The minimum Gasteiger partial charge on any atom is -0.479 e. The Morgan fingerprint density at radius 1 is 1.37 bits per heavy atom. The lowest BCUT2D eigenvalue weighted by Crippen LogP contribution is -2.28. The zero-order valence-electron chi connectivity index (χ0n) is 10.7. The van der Waals surface area contributed by atoms with Crippen LogP contribution < -0.4 is 4.74 Å². The fourth-order valence-electron chi connectivity index (χ4n) is 1.81. The third kappa shape index (κ3) is 3.49. The first kappa shape index (κ1) is 13.0. The third-order valence-corrected chi connectivity index (χ3v) is 2.81. The molecule has 1 aromatic rings. The van der Waals surface area contributed by atoms with Gasteiger partial charge in [-0.2, -0.15) is 5.26 Å². The lowest BCUT2D eigenvalue weighted by atomic mass is 10.2. The van der Waals surface area contributed by atoms with E-state index in [2.05, 4.69) is 0 Å². The zero-order chi connectivity index (χ0) is 13.7. The largest absolute Gasteiger partial charge is 0.479 e. The highest BCUT2D eigenvalue weighted by Gasteiger charge is 2.15. The molecule has 1 heterocycles. The molecule has 0 saturated heterocycles. The topological polar surface area (TPSA) is 56.6 Å². The summed E-state index contributed by atoms with van der Waals surface area (Å²) in [5.41, 5.74) is 1.12. The molecular weight excluding hydrogens is 242 g/mol. The van der Waals surface area contributed by atoms with E-state index < -0.39 is 0 Å². The SMILES string of the molecule is CC(=O)N1C=CN(Cc2ccc(OCC#N)cc2)C1. The smallest absolute Gasteiger partial charge is 0.224 e. The molecule has 1 aromatic carbocycles. The summed E-state index contributed by atoms with van der Waals surface area (Å²) in [6, 6.07) is 9.52. The highest BCUT2D eigenvalue weighted by atomic mass is 16.5. The van der Waals surface area contributed by atoms with Crippen molar-refractivity contribution in [1.29, 1.82) is 5.26 Å². The van der Waals surface area contributed by atoms with Crippen LogP contribution in [0.2, 0.25) is 0 Å². The van der Waals surface area contributed by atoms with Gasteiger partial charge in [0.05, 0.1) is 6.67 Å². The highest BCUT2D eigenvalue weighted by Crippen LogP contribution is 2.16. The second-order valence-electron chi connectivity index (χ2n) is 4.27. The van der Waals surface area contributed by atoms with E-state index in [1.54, 1.807) is 18.0 Å². The van der Waals surface area contributed by atoms with Gasteiger partial charge in [-0.3, -0.25) is 9.69 Å². The molecule has 0 radical (unpaired) electrons. The molecule has 0 aliphatic carbocycles. The number of ether oxygens (including phenoxy) is 1. The Balaban J connectivity index is 1.89. The molecule has 0 bridgehead atoms. The number of hydrogen-bond donors (Lipinski definition) is 0. The van der Waals surface area contributed by atoms with E-state index in [0.717, 1.165) is 12.1 Å². The van der Waals surface area contributed by atoms with Gasteiger partial charge in [0, 0.05) is 25.9 Å². The van der Waals surface area contributed by atoms with Crippen molar-refractivity contribution < 1.29 is 9.53 Å². The maximum atomic E-state index is 11.2. The van der Waals surface area contributed by atoms with Gasteiger partial charge in [0.2, 0.25) is 5.91 Å². The Labute approximate surface area is 112 Å². The summed E-state index contributed by atoms with van der Waals surface area (Å²) in [6.07, 6.45) is 3.69. The minimum atomic E-state index is 0.0407. The quantitative estimate of drug-likeness (QED) is 0.823. The first-order valence-electron chi connectivity index (χ1n) is 5.97. The van der Waals surface area contributed by atoms with E-state index in [1.807, 2.05) is 41.4 Å². The maximum Gasteiger partial charge on any atom is 0.224 e. The normalized spacial score (nSPS) is 13.5. The van der Waals surface area contributed by atoms with E-state index in [-0.39, 0.29) is 12.5 Å². The van der Waals surface area contributed by atoms with Gasteiger partial charge in [0.1, 0.15) is 11.8 Å². The Bertz CT molecular complexity index is 516. The zero-order valence-corrected chi connectivity index (χ0v) is 10.7. The molecular formula is C14H15N3O2. The number of nitriles is 1. The van der Waals surface area contributed by atoms with Crippen LogP contribution in [-0.2, 0) is 11.3 Å². The van der Waals surface area contributed by atoms with Crippen LogP contribution in [0.4, 0.5) is 0 Å². The molecule has 0 unspecified atom stereocenters. The molecule has 19 heavy (non-hydrogen) atoms. The molecule has 1 aliphatic heterocycles. The molecule has 0 spiro atoms. The van der Waals surface area contributed by atoms with Crippen LogP contribution in [-0.4, -0.2) is 29.0 Å². The predicted octanol–water partition coefficient (Wildman–Crippen LogP) is 1.68. The van der Waals surface area contributed by atoms with E-state index in [9.17, 15) is 4.79 Å². The highest BCUT2D eigenvalue weighted by molar-refractivity contribution is 5.74. The van der Waals surface area contributed by atoms with Crippen LogP contribution in [0.15, 0.2) is 36.7 Å². The van der Waals surface area contributed by atoms with Crippen molar-refractivity contribution in [2.75, 3.05) is 13.3 Å². The summed E-state index contributed by atoms with van der Waals surface area (Å²) in [5.74, 6) is 0.728. The first-order chi connectivity index (χ1) is 9.19. The lowest BCUT2D eigenvalue weighted by molar-refractivity contribution is -0.126. The third-order valence-electron chi connectivity index (χ3n) is 2.81. The number of carbonyl (C=O) groups excluding carboxylic acids is 1. The summed E-state index contributed by atoms with van der Waals surface area (Å²) < 4.78 is 5.19. The average Bonchev–Trinajstić information content (AvgIpc) is 2.87. The second kappa shape index (κ2) is 5.91. The van der Waals surface area contributed by atoms with E-state index >= 15 is 0 Å². The Kier molecular flexibility index (Phi) is 4.04. The monoisotopic (exact) mass is 257 g/mol. The van der Waals surface area contributed by atoms with E-state index in [4.69, 9.17) is 10.00 Å². The van der Waals surface area contributed by atoms with Crippen molar-refractivity contribution in [2.24, 2.45) is 0 Å². The fourth-order valence-corrected chi connectivity index (χ4v) is 1.81. The molecule has 0 N–H and O–H groups in total. The van der Waals surface area contributed by atoms with Crippen molar-refractivity contribution in [3.8, 4) is 11.8 Å². The fraction of sp³-hybridized carbons (Fsp3) is 0.286. The standard InChI is InChI=1S/C14H15N3O2/c1-12(18)17-8-7-16(11-17)10-13-2-4-14(5-3-13)19-9-6-15/h2-5,7-8H,9-11H2,1H3. The Morgan fingerprint density at radius 3 is 2.68 bits per heavy atom. The summed E-state index contributed by atoms with van der Waals surface area (Å²) in [6.45, 7) is 2.93. The van der Waals surface area contributed by atoms with Gasteiger partial charge >= 0.3 is 0 Å². The van der Waals surface area contributed by atoms with Crippen molar-refractivity contribution in [1.82, 2.24) is 9.80 Å². The van der Waals surface area contributed by atoms with Crippen molar-refractivity contribution in [3.05, 3.63) is 42.2 Å². The van der Waals surface area contributed by atoms with Crippen molar-refractivity contribution in [3.63, 3.8) is 0 Å². The van der Waals surface area contributed by atoms with Gasteiger partial charge in [-0.05, 0) is 17.7 Å². The predicted molar refractivity (Wildman–Crippen MR) is 69.6 cm³/mol. The summed E-state index contributed by atoms with van der Waals surface area (Å²) in [5, 5.41) is 8.42. The van der Waals surface area contributed by atoms with Gasteiger partial charge in [-0.1, -0.05) is 12.1 Å². The molecule has 0 atom stereocenters. The van der Waals surface area contributed by atoms with Crippen molar-refractivity contribution in [2.45, 2.75) is 13.5 Å². The number of hydrogen-bond acceptors (Lipinski definition) is 4. The molecule has 0 fully saturated rings. The molecule has 5 heteroatoms. The number of benzene rings is 1. The van der Waals surface area contributed by atoms with Crippen LogP contribution in [0.3, 0.4) is 0 Å².